The number of hydrogen-bond acceptors (Lipinski definition) is 6. The van der Waals surface area contributed by atoms with Gasteiger partial charge in [-0.15, -0.1) is 0 Å². The van der Waals surface area contributed by atoms with E-state index in [9.17, 15) is 4.39 Å². The summed E-state index contributed by atoms with van der Waals surface area (Å²) in [5.74, 6) is 5.06. The summed E-state index contributed by atoms with van der Waals surface area (Å²) in [6.07, 6.45) is 1.36. The number of nitrogens with two attached hydrogens (primary N) is 1. The van der Waals surface area contributed by atoms with E-state index in [1.165, 1.54) is 24.4 Å². The lowest BCUT2D eigenvalue weighted by molar-refractivity contribution is 0.624. The number of rotatable bonds is 3. The number of nitrogens with zero attached hydrogens (tertiary/aromatic N) is 3. The van der Waals surface area contributed by atoms with Crippen LogP contribution in [0, 0.1) is 17.1 Å². The number of nitrogen functional groups attached to an aromatic ring is 1. The van der Waals surface area contributed by atoms with Crippen molar-refractivity contribution in [3.8, 4) is 6.07 Å². The van der Waals surface area contributed by atoms with Gasteiger partial charge in [-0.1, -0.05) is 11.6 Å². The topological polar surface area (TPSA) is 99.7 Å². The van der Waals surface area contributed by atoms with Crippen LogP contribution in [0.2, 0.25) is 5.02 Å². The molecule has 0 aliphatic heterocycles. The Labute approximate surface area is 113 Å². The van der Waals surface area contributed by atoms with Crippen LogP contribution in [-0.4, -0.2) is 9.97 Å². The molecule has 2 aromatic rings. The van der Waals surface area contributed by atoms with E-state index in [0.717, 1.165) is 0 Å². The van der Waals surface area contributed by atoms with Gasteiger partial charge in [0.15, 0.2) is 5.82 Å². The molecule has 0 fully saturated rings. The number of benzene rings is 1. The van der Waals surface area contributed by atoms with Crippen molar-refractivity contribution >= 4 is 29.1 Å². The van der Waals surface area contributed by atoms with Crippen LogP contribution >= 0.6 is 11.6 Å². The van der Waals surface area contributed by atoms with Crippen molar-refractivity contribution < 1.29 is 4.39 Å². The van der Waals surface area contributed by atoms with Crippen molar-refractivity contribution in [2.24, 2.45) is 5.84 Å². The monoisotopic (exact) mass is 278 g/mol. The highest BCUT2D eigenvalue weighted by molar-refractivity contribution is 6.32. The molecule has 0 unspecified atom stereocenters. The summed E-state index contributed by atoms with van der Waals surface area (Å²) in [5, 5.41) is 11.9. The molecule has 0 aliphatic rings. The van der Waals surface area contributed by atoms with Crippen LogP contribution in [0.4, 0.5) is 21.8 Å². The van der Waals surface area contributed by atoms with E-state index in [-0.39, 0.29) is 16.5 Å². The maximum Gasteiger partial charge on any atom is 0.239 e. The maximum atomic E-state index is 13.2. The Hall–Kier alpha value is -2.43. The second kappa shape index (κ2) is 5.48. The first-order valence-corrected chi connectivity index (χ1v) is 5.47. The lowest BCUT2D eigenvalue weighted by Crippen LogP contribution is -2.11. The van der Waals surface area contributed by atoms with Gasteiger partial charge in [-0.2, -0.15) is 10.2 Å². The molecule has 96 valence electrons. The molecule has 1 heterocycles. The van der Waals surface area contributed by atoms with E-state index in [0.29, 0.717) is 11.5 Å². The third-order valence-corrected chi connectivity index (χ3v) is 2.50. The van der Waals surface area contributed by atoms with Gasteiger partial charge in [0.05, 0.1) is 11.8 Å². The fourth-order valence-electron chi connectivity index (χ4n) is 1.35. The van der Waals surface area contributed by atoms with Crippen molar-refractivity contribution in [3.05, 3.63) is 40.8 Å². The molecule has 0 saturated carbocycles. The lowest BCUT2D eigenvalue weighted by Gasteiger charge is -2.08. The third kappa shape index (κ3) is 2.88. The quantitative estimate of drug-likeness (QED) is 0.588. The van der Waals surface area contributed by atoms with Gasteiger partial charge >= 0.3 is 0 Å². The van der Waals surface area contributed by atoms with Crippen LogP contribution in [0.25, 0.3) is 0 Å². The second-order valence-corrected chi connectivity index (χ2v) is 3.87. The highest BCUT2D eigenvalue weighted by Gasteiger charge is 2.07. The number of halogens is 2. The highest BCUT2D eigenvalue weighted by atomic mass is 35.5. The Morgan fingerprint density at radius 1 is 1.42 bits per heavy atom. The summed E-state index contributed by atoms with van der Waals surface area (Å²) in [4.78, 5) is 7.81. The first-order chi connectivity index (χ1) is 9.13. The van der Waals surface area contributed by atoms with Crippen LogP contribution < -0.4 is 16.6 Å². The van der Waals surface area contributed by atoms with Crippen LogP contribution in [0.5, 0.6) is 0 Å². The number of anilines is 3. The summed E-state index contributed by atoms with van der Waals surface area (Å²) in [6.45, 7) is 0. The zero-order valence-electron chi connectivity index (χ0n) is 9.48. The van der Waals surface area contributed by atoms with Gasteiger partial charge in [-0.05, 0) is 18.2 Å². The predicted molar refractivity (Wildman–Crippen MR) is 69.2 cm³/mol. The molecule has 0 spiro atoms. The summed E-state index contributed by atoms with van der Waals surface area (Å²) >= 11 is 5.91. The number of nitrogens with one attached hydrogen (secondary N) is 2. The van der Waals surface area contributed by atoms with E-state index in [2.05, 4.69) is 20.7 Å². The minimum Gasteiger partial charge on any atom is -0.339 e. The first-order valence-electron chi connectivity index (χ1n) is 5.10. The Morgan fingerprint density at radius 3 is 2.89 bits per heavy atom. The molecule has 0 amide bonds. The molecule has 0 saturated heterocycles. The van der Waals surface area contributed by atoms with Crippen molar-refractivity contribution in [3.63, 3.8) is 0 Å². The van der Waals surface area contributed by atoms with E-state index in [4.69, 9.17) is 22.7 Å². The van der Waals surface area contributed by atoms with Gasteiger partial charge in [-0.25, -0.2) is 15.2 Å². The minimum atomic E-state index is -0.592. The van der Waals surface area contributed by atoms with Crippen LogP contribution in [0.3, 0.4) is 0 Å². The van der Waals surface area contributed by atoms with Gasteiger partial charge in [0.1, 0.15) is 16.9 Å². The highest BCUT2D eigenvalue weighted by Crippen LogP contribution is 2.24. The summed E-state index contributed by atoms with van der Waals surface area (Å²) in [5.41, 5.74) is 2.68. The van der Waals surface area contributed by atoms with Gasteiger partial charge in [-0.3, -0.25) is 5.43 Å². The van der Waals surface area contributed by atoms with Crippen LogP contribution in [0.1, 0.15) is 5.56 Å². The van der Waals surface area contributed by atoms with Crippen LogP contribution in [0.15, 0.2) is 24.4 Å². The van der Waals surface area contributed by atoms with E-state index in [1.54, 1.807) is 6.07 Å². The minimum absolute atomic E-state index is 0.0765. The summed E-state index contributed by atoms with van der Waals surface area (Å²) < 4.78 is 13.2. The average Bonchev–Trinajstić information content (AvgIpc) is 2.43. The lowest BCUT2D eigenvalue weighted by atomic mass is 10.2. The molecule has 2 rings (SSSR count). The Kier molecular flexibility index (Phi) is 3.75. The number of aromatic nitrogens is 2. The molecule has 0 atom stereocenters. The molecule has 1 aromatic heterocycles. The smallest absolute Gasteiger partial charge is 0.239 e. The molecule has 1 aromatic carbocycles. The van der Waals surface area contributed by atoms with Crippen molar-refractivity contribution in [1.29, 1.82) is 5.26 Å². The molecule has 0 radical (unpaired) electrons. The fraction of sp³-hybridized carbons (Fsp3) is 0. The van der Waals surface area contributed by atoms with Crippen LogP contribution in [-0.2, 0) is 0 Å². The maximum absolute atomic E-state index is 13.2. The largest absolute Gasteiger partial charge is 0.339 e. The van der Waals surface area contributed by atoms with E-state index in [1.807, 2.05) is 0 Å². The first kappa shape index (κ1) is 13.0. The number of nitriles is 1. The zero-order valence-corrected chi connectivity index (χ0v) is 10.2. The molecule has 8 heteroatoms. The average molecular weight is 279 g/mol. The molecule has 19 heavy (non-hydrogen) atoms. The fourth-order valence-corrected chi connectivity index (χ4v) is 1.49. The summed E-state index contributed by atoms with van der Waals surface area (Å²) in [7, 11) is 0. The summed E-state index contributed by atoms with van der Waals surface area (Å²) in [6, 6.07) is 5.74. The van der Waals surface area contributed by atoms with E-state index < -0.39 is 5.82 Å². The second-order valence-electron chi connectivity index (χ2n) is 3.47. The van der Waals surface area contributed by atoms with Crippen molar-refractivity contribution in [2.45, 2.75) is 0 Å². The number of hydrogen-bond donors (Lipinski definition) is 3. The molecule has 6 nitrogen and oxygen atoms in total. The Balaban J connectivity index is 2.33. The zero-order chi connectivity index (χ0) is 13.8. The molecule has 4 N–H and O–H groups in total. The molecular formula is C11H8ClFN6. The van der Waals surface area contributed by atoms with Gasteiger partial charge in [0.2, 0.25) is 5.95 Å². The van der Waals surface area contributed by atoms with Gasteiger partial charge in [0, 0.05) is 5.69 Å². The standard InChI is InChI=1S/C11H8ClFN6/c12-8-5-16-11(19-15)18-10(8)17-7-1-2-9(13)6(3-7)4-14/h1-3,5H,15H2,(H2,16,17,18,19). The predicted octanol–water partition coefficient (Wildman–Crippen LogP) is 2.17. The van der Waals surface area contributed by atoms with Crippen molar-refractivity contribution in [2.75, 3.05) is 10.7 Å². The van der Waals surface area contributed by atoms with Crippen molar-refractivity contribution in [1.82, 2.24) is 9.97 Å². The normalized spacial score (nSPS) is 9.79. The van der Waals surface area contributed by atoms with E-state index >= 15 is 0 Å². The molecular weight excluding hydrogens is 271 g/mol. The number of hydrazine groups is 1. The SMILES string of the molecule is N#Cc1cc(Nc2nc(NN)ncc2Cl)ccc1F. The molecule has 0 aliphatic carbocycles. The van der Waals surface area contributed by atoms with Gasteiger partial charge < -0.3 is 5.32 Å². The molecule has 0 bridgehead atoms. The third-order valence-electron chi connectivity index (χ3n) is 2.22. The Bertz CT molecular complexity index is 654. The van der Waals surface area contributed by atoms with Gasteiger partial charge in [0.25, 0.3) is 0 Å². The Morgan fingerprint density at radius 2 is 2.21 bits per heavy atom.